The molecule has 4 aromatic rings. The maximum absolute atomic E-state index is 13.8. The van der Waals surface area contributed by atoms with Crippen LogP contribution in [0.4, 0.5) is 10.3 Å². The Morgan fingerprint density at radius 3 is 2.54 bits per heavy atom. The molecule has 0 fully saturated rings. The Morgan fingerprint density at radius 1 is 1.14 bits per heavy atom. The maximum Gasteiger partial charge on any atom is 0.269 e. The van der Waals surface area contributed by atoms with Crippen molar-refractivity contribution >= 4 is 38.6 Å². The lowest BCUT2D eigenvalue weighted by atomic mass is 10.2. The van der Waals surface area contributed by atoms with Crippen LogP contribution < -0.4 is 5.73 Å². The van der Waals surface area contributed by atoms with Crippen LogP contribution in [-0.4, -0.2) is 32.3 Å². The molecule has 11 heteroatoms. The van der Waals surface area contributed by atoms with E-state index in [1.807, 2.05) is 6.92 Å². The molecule has 0 bridgehead atoms. The van der Waals surface area contributed by atoms with Crippen molar-refractivity contribution in [3.8, 4) is 11.4 Å². The largest absolute Gasteiger partial charge is 0.368 e. The molecule has 0 unspecified atom stereocenters. The van der Waals surface area contributed by atoms with Gasteiger partial charge in [0.15, 0.2) is 11.5 Å². The van der Waals surface area contributed by atoms with E-state index >= 15 is 0 Å². The van der Waals surface area contributed by atoms with Crippen molar-refractivity contribution in [3.63, 3.8) is 0 Å². The van der Waals surface area contributed by atoms with Crippen LogP contribution in [0.1, 0.15) is 5.56 Å². The summed E-state index contributed by atoms with van der Waals surface area (Å²) in [5.74, 6) is -0.790. The van der Waals surface area contributed by atoms with E-state index in [2.05, 4.69) is 19.9 Å². The molecule has 1 aromatic carbocycles. The van der Waals surface area contributed by atoms with Crippen molar-refractivity contribution in [2.24, 2.45) is 0 Å². The van der Waals surface area contributed by atoms with Gasteiger partial charge < -0.3 is 5.73 Å². The third-order valence-corrected chi connectivity index (χ3v) is 5.86. The highest BCUT2D eigenvalue weighted by Crippen LogP contribution is 2.31. The Labute approximate surface area is 163 Å². The molecule has 0 saturated carbocycles. The van der Waals surface area contributed by atoms with Gasteiger partial charge in [0, 0.05) is 17.1 Å². The number of benzene rings is 1. The quantitative estimate of drug-likeness (QED) is 0.543. The highest BCUT2D eigenvalue weighted by Gasteiger charge is 2.24. The smallest absolute Gasteiger partial charge is 0.269 e. The predicted octanol–water partition coefficient (Wildman–Crippen LogP) is 2.81. The number of pyridine rings is 1. The minimum atomic E-state index is -4.01. The minimum absolute atomic E-state index is 0.00718. The molecule has 0 amide bonds. The van der Waals surface area contributed by atoms with Gasteiger partial charge in [-0.2, -0.15) is 15.0 Å². The van der Waals surface area contributed by atoms with E-state index in [4.69, 9.17) is 17.3 Å². The van der Waals surface area contributed by atoms with Gasteiger partial charge in [-0.1, -0.05) is 17.7 Å². The molecule has 3 aromatic heterocycles. The van der Waals surface area contributed by atoms with E-state index in [-0.39, 0.29) is 38.5 Å². The van der Waals surface area contributed by atoms with Gasteiger partial charge in [0.1, 0.15) is 5.82 Å². The van der Waals surface area contributed by atoms with Gasteiger partial charge in [0.2, 0.25) is 11.2 Å². The minimum Gasteiger partial charge on any atom is -0.368 e. The summed E-state index contributed by atoms with van der Waals surface area (Å²) in [7, 11) is -4.01. The first-order chi connectivity index (χ1) is 13.3. The zero-order chi connectivity index (χ0) is 20.1. The van der Waals surface area contributed by atoms with Gasteiger partial charge in [0.25, 0.3) is 10.0 Å². The second-order valence-corrected chi connectivity index (χ2v) is 8.12. The Bertz CT molecular complexity index is 1300. The summed E-state index contributed by atoms with van der Waals surface area (Å²) in [6, 6.07) is 7.47. The fourth-order valence-corrected chi connectivity index (χ4v) is 4.22. The lowest BCUT2D eigenvalue weighted by Crippen LogP contribution is -2.12. The average molecular weight is 419 g/mol. The van der Waals surface area contributed by atoms with E-state index in [1.165, 1.54) is 18.3 Å². The number of hydrogen-bond donors (Lipinski definition) is 1. The van der Waals surface area contributed by atoms with Gasteiger partial charge in [-0.3, -0.25) is 0 Å². The number of aromatic nitrogens is 5. The van der Waals surface area contributed by atoms with Crippen LogP contribution in [0.3, 0.4) is 0 Å². The van der Waals surface area contributed by atoms with E-state index in [9.17, 15) is 12.8 Å². The number of hydrogen-bond acceptors (Lipinski definition) is 7. The zero-order valence-corrected chi connectivity index (χ0v) is 15.9. The summed E-state index contributed by atoms with van der Waals surface area (Å²) in [5.41, 5.74) is 6.74. The number of anilines is 1. The molecule has 4 rings (SSSR count). The Kier molecular flexibility index (Phi) is 4.24. The molecule has 28 heavy (non-hydrogen) atoms. The molecule has 0 aliphatic carbocycles. The van der Waals surface area contributed by atoms with Crippen LogP contribution >= 0.6 is 11.6 Å². The molecule has 8 nitrogen and oxygen atoms in total. The van der Waals surface area contributed by atoms with Crippen LogP contribution in [0.25, 0.3) is 22.4 Å². The summed E-state index contributed by atoms with van der Waals surface area (Å²) in [5, 5.41) is 0.0199. The maximum atomic E-state index is 13.8. The van der Waals surface area contributed by atoms with Gasteiger partial charge >= 0.3 is 0 Å². The standard InChI is InChI=1S/C17H12ClFN6O2S/c1-9-2-4-11(5-3-9)28(26,27)25-8-13(12-6-10(19)7-21-15(12)25)14-22-16(18)24-17(20)23-14/h2-8H,1H3,(H2,20,22,23,24). The highest BCUT2D eigenvalue weighted by molar-refractivity contribution is 7.90. The first kappa shape index (κ1) is 18.3. The van der Waals surface area contributed by atoms with Crippen LogP contribution in [-0.2, 0) is 10.0 Å². The van der Waals surface area contributed by atoms with Crippen LogP contribution in [0, 0.1) is 12.7 Å². The van der Waals surface area contributed by atoms with E-state index < -0.39 is 15.8 Å². The summed E-state index contributed by atoms with van der Waals surface area (Å²) < 4.78 is 41.1. The molecular formula is C17H12ClFN6O2S. The predicted molar refractivity (Wildman–Crippen MR) is 102 cm³/mol. The Morgan fingerprint density at radius 2 is 1.86 bits per heavy atom. The molecule has 3 heterocycles. The number of rotatable bonds is 3. The van der Waals surface area contributed by atoms with Gasteiger partial charge in [-0.05, 0) is 36.7 Å². The molecule has 142 valence electrons. The zero-order valence-electron chi connectivity index (χ0n) is 14.3. The summed E-state index contributed by atoms with van der Waals surface area (Å²) in [6.07, 6.45) is 2.19. The SMILES string of the molecule is Cc1ccc(S(=O)(=O)n2cc(-c3nc(N)nc(Cl)n3)c3cc(F)cnc32)cc1. The van der Waals surface area contributed by atoms with Crippen molar-refractivity contribution in [2.75, 3.05) is 5.73 Å². The van der Waals surface area contributed by atoms with E-state index in [0.29, 0.717) is 0 Å². The molecule has 0 atom stereocenters. The summed E-state index contributed by atoms with van der Waals surface area (Å²) >= 11 is 5.83. The van der Waals surface area contributed by atoms with Crippen molar-refractivity contribution in [2.45, 2.75) is 11.8 Å². The molecule has 0 radical (unpaired) electrons. The summed E-state index contributed by atoms with van der Waals surface area (Å²) in [6.45, 7) is 1.85. The van der Waals surface area contributed by atoms with E-state index in [1.54, 1.807) is 12.1 Å². The van der Waals surface area contributed by atoms with Crippen molar-refractivity contribution in [3.05, 3.63) is 59.4 Å². The highest BCUT2D eigenvalue weighted by atomic mass is 35.5. The van der Waals surface area contributed by atoms with Crippen LogP contribution in [0.15, 0.2) is 47.6 Å². The molecule has 0 aliphatic heterocycles. The van der Waals surface area contributed by atoms with Crippen molar-refractivity contribution in [1.29, 1.82) is 0 Å². The molecular weight excluding hydrogens is 407 g/mol. The average Bonchev–Trinajstić information content (AvgIpc) is 3.00. The van der Waals surface area contributed by atoms with Gasteiger partial charge in [0.05, 0.1) is 11.1 Å². The normalized spacial score (nSPS) is 11.8. The first-order valence-electron chi connectivity index (χ1n) is 7.92. The third-order valence-electron chi connectivity index (χ3n) is 4.02. The summed E-state index contributed by atoms with van der Waals surface area (Å²) in [4.78, 5) is 15.6. The van der Waals surface area contributed by atoms with Gasteiger partial charge in [-0.25, -0.2) is 21.8 Å². The van der Waals surface area contributed by atoms with E-state index in [0.717, 1.165) is 21.8 Å². The molecule has 0 aliphatic rings. The number of nitrogen functional groups attached to an aromatic ring is 1. The fraction of sp³-hybridized carbons (Fsp3) is 0.0588. The Balaban J connectivity index is 2.02. The monoisotopic (exact) mass is 418 g/mol. The first-order valence-corrected chi connectivity index (χ1v) is 9.74. The lowest BCUT2D eigenvalue weighted by Gasteiger charge is -2.07. The van der Waals surface area contributed by atoms with Gasteiger partial charge in [-0.15, -0.1) is 0 Å². The number of nitrogens with zero attached hydrogens (tertiary/aromatic N) is 5. The second kappa shape index (κ2) is 6.50. The molecule has 0 spiro atoms. The van der Waals surface area contributed by atoms with Crippen molar-refractivity contribution in [1.82, 2.24) is 23.9 Å². The number of aryl methyl sites for hydroxylation is 1. The number of halogens is 2. The molecule has 2 N–H and O–H groups in total. The van der Waals surface area contributed by atoms with Crippen LogP contribution in [0.2, 0.25) is 5.28 Å². The van der Waals surface area contributed by atoms with Crippen LogP contribution in [0.5, 0.6) is 0 Å². The lowest BCUT2D eigenvalue weighted by molar-refractivity contribution is 0.588. The topological polar surface area (TPSA) is 117 Å². The Hall–Kier alpha value is -3.11. The number of fused-ring (bicyclic) bond motifs is 1. The van der Waals surface area contributed by atoms with Crippen molar-refractivity contribution < 1.29 is 12.8 Å². The fourth-order valence-electron chi connectivity index (χ4n) is 2.72. The molecule has 0 saturated heterocycles. The third kappa shape index (κ3) is 3.06. The number of nitrogens with two attached hydrogens (primary N) is 1. The second-order valence-electron chi connectivity index (χ2n) is 5.97.